The molecule has 2 heterocycles. The van der Waals surface area contributed by atoms with Gasteiger partial charge in [0, 0.05) is 11.1 Å². The third-order valence-electron chi connectivity index (χ3n) is 8.79. The van der Waals surface area contributed by atoms with Crippen LogP contribution < -0.4 is 4.74 Å². The van der Waals surface area contributed by atoms with Crippen molar-refractivity contribution in [2.24, 2.45) is 0 Å². The number of esters is 4. The number of rotatable bonds is 11. The molecule has 1 aromatic heterocycles. The van der Waals surface area contributed by atoms with E-state index in [4.69, 9.17) is 28.4 Å². The Bertz CT molecular complexity index is 2270. The summed E-state index contributed by atoms with van der Waals surface area (Å²) in [5, 5.41) is 0.756. The smallest absolute Gasteiger partial charge is 0.338 e. The van der Waals surface area contributed by atoms with Gasteiger partial charge in [0.15, 0.2) is 12.2 Å². The van der Waals surface area contributed by atoms with Gasteiger partial charge >= 0.3 is 23.9 Å². The average molecular weight is 738 g/mol. The van der Waals surface area contributed by atoms with E-state index >= 15 is 0 Å². The molecule has 0 N–H and O–H groups in total. The molecule has 0 amide bonds. The number of fused-ring (bicyclic) bond motifs is 1. The second-order valence-electron chi connectivity index (χ2n) is 12.6. The van der Waals surface area contributed by atoms with Gasteiger partial charge in [-0.2, -0.15) is 0 Å². The molecule has 276 valence electrons. The van der Waals surface area contributed by atoms with Gasteiger partial charge in [0.25, 0.3) is 0 Å². The second-order valence-corrected chi connectivity index (χ2v) is 12.6. The minimum Gasteiger partial charge on any atom is -0.461 e. The van der Waals surface area contributed by atoms with E-state index in [-0.39, 0.29) is 22.3 Å². The summed E-state index contributed by atoms with van der Waals surface area (Å²) in [4.78, 5) is 59.1. The van der Waals surface area contributed by atoms with E-state index in [9.17, 15) is 19.2 Å². The Labute approximate surface area is 316 Å². The lowest BCUT2D eigenvalue weighted by Gasteiger charge is -2.44. The molecule has 1 aliphatic rings. The van der Waals surface area contributed by atoms with Crippen molar-refractivity contribution in [3.8, 4) is 5.75 Å². The Hall–Kier alpha value is -6.85. The molecule has 0 saturated carbocycles. The molecule has 0 unspecified atom stereocenters. The maximum absolute atomic E-state index is 13.8. The normalized spacial score (nSPS) is 19.1. The Morgan fingerprint density at radius 2 is 1.02 bits per heavy atom. The number of aromatic nitrogens is 1. The highest BCUT2D eigenvalue weighted by Crippen LogP contribution is 2.33. The topological polar surface area (TPSA) is 137 Å². The third-order valence-corrected chi connectivity index (χ3v) is 8.79. The van der Waals surface area contributed by atoms with Crippen molar-refractivity contribution >= 4 is 34.8 Å². The summed E-state index contributed by atoms with van der Waals surface area (Å²) < 4.78 is 36.9. The molecule has 11 nitrogen and oxygen atoms in total. The molecule has 1 aliphatic heterocycles. The van der Waals surface area contributed by atoms with E-state index in [0.29, 0.717) is 5.75 Å². The van der Waals surface area contributed by atoms with Crippen molar-refractivity contribution in [1.82, 2.24) is 4.98 Å². The van der Waals surface area contributed by atoms with E-state index in [1.54, 1.807) is 140 Å². The van der Waals surface area contributed by atoms with Crippen LogP contribution in [0.15, 0.2) is 152 Å². The van der Waals surface area contributed by atoms with Crippen LogP contribution >= 0.6 is 0 Å². The Balaban J connectivity index is 1.31. The van der Waals surface area contributed by atoms with Crippen molar-refractivity contribution in [3.63, 3.8) is 0 Å². The molecule has 7 rings (SSSR count). The monoisotopic (exact) mass is 737 g/mol. The van der Waals surface area contributed by atoms with Crippen molar-refractivity contribution in [2.45, 2.75) is 37.6 Å². The highest BCUT2D eigenvalue weighted by Gasteiger charge is 2.54. The summed E-state index contributed by atoms with van der Waals surface area (Å²) in [7, 11) is 0. The first-order valence-corrected chi connectivity index (χ1v) is 17.5. The maximum Gasteiger partial charge on any atom is 0.338 e. The van der Waals surface area contributed by atoms with E-state index in [1.807, 2.05) is 19.1 Å². The summed E-state index contributed by atoms with van der Waals surface area (Å²) in [5.74, 6) is -2.76. The lowest BCUT2D eigenvalue weighted by atomic mass is 9.97. The molecule has 5 atom stereocenters. The third kappa shape index (κ3) is 8.86. The SMILES string of the molecule is Cc1ccc2cc(O[C@@H]3O[C@H](COC(=O)c4ccccc4)[C@@H](OC(=O)c4ccccc4)[C@H](OC(=O)c4ccccc4)[C@H]3OC(=O)c3ccccc3)ccc2n1. The number of carbonyl (C=O) groups is 4. The zero-order valence-corrected chi connectivity index (χ0v) is 29.6. The molecule has 11 heteroatoms. The molecular weight excluding hydrogens is 702 g/mol. The van der Waals surface area contributed by atoms with E-state index < -0.39 is 61.2 Å². The van der Waals surface area contributed by atoms with E-state index in [1.165, 1.54) is 0 Å². The summed E-state index contributed by atoms with van der Waals surface area (Å²) in [6.07, 6.45) is -7.33. The van der Waals surface area contributed by atoms with Gasteiger partial charge < -0.3 is 28.4 Å². The number of pyridine rings is 1. The van der Waals surface area contributed by atoms with Gasteiger partial charge in [-0.3, -0.25) is 4.98 Å². The Kier molecular flexibility index (Phi) is 11.2. The lowest BCUT2D eigenvalue weighted by Crippen LogP contribution is -2.63. The Morgan fingerprint density at radius 3 is 1.55 bits per heavy atom. The molecule has 55 heavy (non-hydrogen) atoms. The first kappa shape index (κ1) is 36.5. The number of hydrogen-bond donors (Lipinski definition) is 0. The summed E-state index contributed by atoms with van der Waals surface area (Å²) in [6.45, 7) is 1.41. The number of hydrogen-bond acceptors (Lipinski definition) is 11. The van der Waals surface area contributed by atoms with Crippen LogP contribution in [0.3, 0.4) is 0 Å². The van der Waals surface area contributed by atoms with Crippen LogP contribution in [0.4, 0.5) is 0 Å². The molecule has 1 saturated heterocycles. The van der Waals surface area contributed by atoms with Crippen molar-refractivity contribution in [3.05, 3.63) is 180 Å². The van der Waals surface area contributed by atoms with Gasteiger partial charge in [-0.05, 0) is 79.7 Å². The fourth-order valence-electron chi connectivity index (χ4n) is 6.04. The van der Waals surface area contributed by atoms with Crippen molar-refractivity contribution in [2.75, 3.05) is 6.61 Å². The second kappa shape index (κ2) is 16.9. The van der Waals surface area contributed by atoms with Crippen molar-refractivity contribution < 1.29 is 47.6 Å². The predicted octanol–water partition coefficient (Wildman–Crippen LogP) is 7.18. The highest BCUT2D eigenvalue weighted by molar-refractivity contribution is 5.91. The van der Waals surface area contributed by atoms with Crippen LogP contribution in [-0.4, -0.2) is 66.2 Å². The van der Waals surface area contributed by atoms with Gasteiger partial charge in [-0.25, -0.2) is 19.2 Å². The first-order chi connectivity index (χ1) is 26.8. The maximum atomic E-state index is 13.8. The van der Waals surface area contributed by atoms with E-state index in [2.05, 4.69) is 4.98 Å². The number of aryl methyl sites for hydroxylation is 1. The number of ether oxygens (including phenoxy) is 6. The zero-order valence-electron chi connectivity index (χ0n) is 29.6. The molecule has 0 radical (unpaired) electrons. The molecule has 0 bridgehead atoms. The van der Waals surface area contributed by atoms with Crippen LogP contribution in [0, 0.1) is 6.92 Å². The van der Waals surface area contributed by atoms with Gasteiger partial charge in [0.2, 0.25) is 12.4 Å². The van der Waals surface area contributed by atoms with E-state index in [0.717, 1.165) is 16.6 Å². The largest absolute Gasteiger partial charge is 0.461 e. The average Bonchev–Trinajstić information content (AvgIpc) is 3.23. The molecule has 0 spiro atoms. The molecule has 1 fully saturated rings. The molecule has 0 aliphatic carbocycles. The molecule has 6 aromatic rings. The standard InChI is InChI=1S/C44H35NO10/c1-28-22-23-33-26-34(24-25-35(33)45-28)51-44-39(55-43(49)32-20-12-5-13-21-32)38(54-42(48)31-18-10-4-11-19-31)37(53-41(47)30-16-8-3-9-17-30)36(52-44)27-50-40(46)29-14-6-2-7-15-29/h2-26,36-39,44H,27H2,1H3/t36-,37-,38+,39-,44-/m1/s1. The minimum atomic E-state index is -1.54. The van der Waals surface area contributed by atoms with Crippen LogP contribution in [0.1, 0.15) is 47.1 Å². The van der Waals surface area contributed by atoms with Gasteiger partial charge in [-0.1, -0.05) is 78.9 Å². The van der Waals surface area contributed by atoms with Crippen LogP contribution in [0.5, 0.6) is 5.75 Å². The minimum absolute atomic E-state index is 0.178. The quantitative estimate of drug-likeness (QED) is 0.0988. The van der Waals surface area contributed by atoms with Crippen LogP contribution in [0.2, 0.25) is 0 Å². The van der Waals surface area contributed by atoms with Crippen LogP contribution in [-0.2, 0) is 23.7 Å². The lowest BCUT2D eigenvalue weighted by molar-refractivity contribution is -0.275. The number of benzene rings is 5. The van der Waals surface area contributed by atoms with Gasteiger partial charge in [-0.15, -0.1) is 0 Å². The van der Waals surface area contributed by atoms with Gasteiger partial charge in [0.1, 0.15) is 18.5 Å². The Morgan fingerprint density at radius 1 is 0.545 bits per heavy atom. The number of carbonyl (C=O) groups excluding carboxylic acids is 4. The first-order valence-electron chi connectivity index (χ1n) is 17.5. The summed E-state index contributed by atoms with van der Waals surface area (Å²) >= 11 is 0. The summed E-state index contributed by atoms with van der Waals surface area (Å²) in [6, 6.07) is 41.7. The highest BCUT2D eigenvalue weighted by atomic mass is 16.7. The molecular formula is C44H35NO10. The zero-order chi connectivity index (χ0) is 38.1. The van der Waals surface area contributed by atoms with Gasteiger partial charge in [0.05, 0.1) is 27.8 Å². The van der Waals surface area contributed by atoms with Crippen LogP contribution in [0.25, 0.3) is 10.9 Å². The molecule has 5 aromatic carbocycles. The fourth-order valence-corrected chi connectivity index (χ4v) is 6.04. The predicted molar refractivity (Wildman–Crippen MR) is 199 cm³/mol. The fraction of sp³-hybridized carbons (Fsp3) is 0.159. The number of nitrogens with zero attached hydrogens (tertiary/aromatic N) is 1. The van der Waals surface area contributed by atoms with Crippen molar-refractivity contribution in [1.29, 1.82) is 0 Å². The summed E-state index contributed by atoms with van der Waals surface area (Å²) in [5.41, 5.74) is 2.38.